The molecule has 4 rings (SSSR count). The first-order valence-corrected chi connectivity index (χ1v) is 8.87. The van der Waals surface area contributed by atoms with Gasteiger partial charge in [0.2, 0.25) is 5.91 Å². The summed E-state index contributed by atoms with van der Waals surface area (Å²) in [6.45, 7) is 0.887. The third kappa shape index (κ3) is 2.95. The van der Waals surface area contributed by atoms with Crippen molar-refractivity contribution in [3.8, 4) is 5.75 Å². The Morgan fingerprint density at radius 2 is 2.19 bits per heavy atom. The smallest absolute Gasteiger partial charge is 0.270 e. The van der Waals surface area contributed by atoms with Gasteiger partial charge in [-0.3, -0.25) is 9.59 Å². The Hall–Kier alpha value is -3.22. The van der Waals surface area contributed by atoms with Crippen LogP contribution in [0.2, 0.25) is 0 Å². The predicted molar refractivity (Wildman–Crippen MR) is 101 cm³/mol. The molecule has 1 aliphatic heterocycles. The third-order valence-corrected chi connectivity index (χ3v) is 4.94. The van der Waals surface area contributed by atoms with Gasteiger partial charge in [0.15, 0.2) is 0 Å². The number of ether oxygens (including phenoxy) is 1. The van der Waals surface area contributed by atoms with E-state index in [4.69, 9.17) is 9.15 Å². The summed E-state index contributed by atoms with van der Waals surface area (Å²) in [5.74, 6) is 1.13. The summed E-state index contributed by atoms with van der Waals surface area (Å²) in [4.78, 5) is 27.2. The van der Waals surface area contributed by atoms with E-state index in [2.05, 4.69) is 5.32 Å². The van der Waals surface area contributed by atoms with Crippen molar-refractivity contribution < 1.29 is 18.7 Å². The van der Waals surface area contributed by atoms with Crippen molar-refractivity contribution in [3.05, 3.63) is 48.0 Å². The zero-order chi connectivity index (χ0) is 19.0. The van der Waals surface area contributed by atoms with Crippen LogP contribution in [0.3, 0.4) is 0 Å². The van der Waals surface area contributed by atoms with Crippen molar-refractivity contribution in [1.82, 2.24) is 9.88 Å². The predicted octanol–water partition coefficient (Wildman–Crippen LogP) is 2.84. The highest BCUT2D eigenvalue weighted by Crippen LogP contribution is 2.37. The van der Waals surface area contributed by atoms with Crippen molar-refractivity contribution in [3.63, 3.8) is 0 Å². The summed E-state index contributed by atoms with van der Waals surface area (Å²) >= 11 is 0. The fourth-order valence-electron chi connectivity index (χ4n) is 3.61. The highest BCUT2D eigenvalue weighted by atomic mass is 16.5. The van der Waals surface area contributed by atoms with E-state index in [0.29, 0.717) is 35.9 Å². The van der Waals surface area contributed by atoms with Crippen LogP contribution in [-0.2, 0) is 18.4 Å². The molecule has 27 heavy (non-hydrogen) atoms. The molecule has 0 radical (unpaired) electrons. The van der Waals surface area contributed by atoms with Crippen molar-refractivity contribution >= 4 is 28.4 Å². The molecule has 0 atom stereocenters. The maximum Gasteiger partial charge on any atom is 0.270 e. The SMILES string of the molecule is COc1ccc2c(c1)c(N1CCCC1=O)c(C(=O)NCc1ccco1)n2C. The molecule has 3 heterocycles. The first-order valence-electron chi connectivity index (χ1n) is 8.87. The molecule has 1 aromatic carbocycles. The maximum absolute atomic E-state index is 13.0. The summed E-state index contributed by atoms with van der Waals surface area (Å²) in [7, 11) is 3.43. The molecule has 0 saturated carbocycles. The molecule has 7 heteroatoms. The first-order chi connectivity index (χ1) is 13.1. The van der Waals surface area contributed by atoms with Gasteiger partial charge in [0.25, 0.3) is 5.91 Å². The molecule has 2 amide bonds. The zero-order valence-corrected chi connectivity index (χ0v) is 15.3. The van der Waals surface area contributed by atoms with E-state index in [9.17, 15) is 9.59 Å². The second-order valence-corrected chi connectivity index (χ2v) is 6.55. The zero-order valence-electron chi connectivity index (χ0n) is 15.3. The van der Waals surface area contributed by atoms with Gasteiger partial charge in [-0.2, -0.15) is 0 Å². The Kier molecular flexibility index (Phi) is 4.35. The van der Waals surface area contributed by atoms with Crippen LogP contribution in [0.5, 0.6) is 5.75 Å². The van der Waals surface area contributed by atoms with Gasteiger partial charge in [-0.1, -0.05) is 0 Å². The Labute approximate surface area is 156 Å². The summed E-state index contributed by atoms with van der Waals surface area (Å²) in [6, 6.07) is 9.21. The average molecular weight is 367 g/mol. The van der Waals surface area contributed by atoms with Gasteiger partial charge >= 0.3 is 0 Å². The van der Waals surface area contributed by atoms with E-state index in [-0.39, 0.29) is 18.4 Å². The Balaban J connectivity index is 1.81. The number of methoxy groups -OCH3 is 1. The van der Waals surface area contributed by atoms with Crippen LogP contribution >= 0.6 is 0 Å². The second-order valence-electron chi connectivity index (χ2n) is 6.55. The molecule has 0 spiro atoms. The lowest BCUT2D eigenvalue weighted by Crippen LogP contribution is -2.30. The van der Waals surface area contributed by atoms with Crippen LogP contribution in [0.4, 0.5) is 5.69 Å². The minimum Gasteiger partial charge on any atom is -0.497 e. The number of carbonyl (C=O) groups is 2. The summed E-state index contributed by atoms with van der Waals surface area (Å²) < 4.78 is 12.5. The number of aromatic nitrogens is 1. The highest BCUT2D eigenvalue weighted by molar-refractivity contribution is 6.14. The molecular formula is C20H21N3O4. The number of carbonyl (C=O) groups excluding carboxylic acids is 2. The number of aryl methyl sites for hydroxylation is 1. The van der Waals surface area contributed by atoms with Gasteiger partial charge in [0, 0.05) is 25.4 Å². The standard InChI is InChI=1S/C20H21N3O4/c1-22-16-8-7-13(26-2)11-15(16)18(23-9-3-6-17(23)24)19(22)20(25)21-12-14-5-4-10-27-14/h4-5,7-8,10-11H,3,6,9,12H2,1-2H3,(H,21,25). The molecule has 0 unspecified atom stereocenters. The lowest BCUT2D eigenvalue weighted by Gasteiger charge is -2.17. The molecule has 2 aromatic heterocycles. The Bertz CT molecular complexity index is 1000. The molecule has 7 nitrogen and oxygen atoms in total. The molecule has 0 aliphatic carbocycles. The van der Waals surface area contributed by atoms with Crippen LogP contribution in [0, 0.1) is 0 Å². The number of nitrogens with one attached hydrogen (secondary N) is 1. The van der Waals surface area contributed by atoms with E-state index in [1.165, 1.54) is 0 Å². The molecular weight excluding hydrogens is 346 g/mol. The minimum atomic E-state index is -0.251. The van der Waals surface area contributed by atoms with Gasteiger partial charge in [-0.05, 0) is 36.8 Å². The molecule has 1 saturated heterocycles. The number of hydrogen-bond acceptors (Lipinski definition) is 4. The number of furan rings is 1. The summed E-state index contributed by atoms with van der Waals surface area (Å²) in [6.07, 6.45) is 2.85. The molecule has 1 fully saturated rings. The van der Waals surface area contributed by atoms with Crippen LogP contribution in [-0.4, -0.2) is 30.0 Å². The number of hydrogen-bond donors (Lipinski definition) is 1. The quantitative estimate of drug-likeness (QED) is 0.752. The van der Waals surface area contributed by atoms with Gasteiger partial charge in [-0.15, -0.1) is 0 Å². The largest absolute Gasteiger partial charge is 0.497 e. The normalized spacial score (nSPS) is 14.1. The Morgan fingerprint density at radius 1 is 1.33 bits per heavy atom. The molecule has 0 bridgehead atoms. The van der Waals surface area contributed by atoms with Crippen molar-refractivity contribution in [2.75, 3.05) is 18.6 Å². The van der Waals surface area contributed by atoms with Crippen LogP contribution < -0.4 is 15.0 Å². The van der Waals surface area contributed by atoms with E-state index in [0.717, 1.165) is 17.3 Å². The van der Waals surface area contributed by atoms with Gasteiger partial charge < -0.3 is 23.9 Å². The van der Waals surface area contributed by atoms with Gasteiger partial charge in [0.05, 0.1) is 31.1 Å². The fraction of sp³-hybridized carbons (Fsp3) is 0.300. The van der Waals surface area contributed by atoms with E-state index >= 15 is 0 Å². The number of amides is 2. The maximum atomic E-state index is 13.0. The average Bonchev–Trinajstić information content (AvgIpc) is 3.39. The number of anilines is 1. The second kappa shape index (κ2) is 6.83. The van der Waals surface area contributed by atoms with Crippen molar-refractivity contribution in [2.45, 2.75) is 19.4 Å². The molecule has 1 aliphatic rings. The topological polar surface area (TPSA) is 76.7 Å². The number of benzene rings is 1. The van der Waals surface area contributed by atoms with Gasteiger partial charge in [0.1, 0.15) is 17.2 Å². The van der Waals surface area contributed by atoms with Crippen LogP contribution in [0.25, 0.3) is 10.9 Å². The van der Waals surface area contributed by atoms with Gasteiger partial charge in [-0.25, -0.2) is 0 Å². The third-order valence-electron chi connectivity index (χ3n) is 4.94. The Morgan fingerprint density at radius 3 is 2.85 bits per heavy atom. The summed E-state index contributed by atoms with van der Waals surface area (Å²) in [5.41, 5.74) is 1.97. The van der Waals surface area contributed by atoms with E-state index in [1.54, 1.807) is 30.4 Å². The number of nitrogens with zero attached hydrogens (tertiary/aromatic N) is 2. The lowest BCUT2D eigenvalue weighted by molar-refractivity contribution is -0.117. The van der Waals surface area contributed by atoms with E-state index in [1.807, 2.05) is 29.8 Å². The fourth-order valence-corrected chi connectivity index (χ4v) is 3.61. The molecule has 3 aromatic rings. The minimum absolute atomic E-state index is 0.0328. The van der Waals surface area contributed by atoms with Crippen LogP contribution in [0.1, 0.15) is 29.1 Å². The number of fused-ring (bicyclic) bond motifs is 1. The van der Waals surface area contributed by atoms with Crippen molar-refractivity contribution in [1.29, 1.82) is 0 Å². The van der Waals surface area contributed by atoms with Crippen LogP contribution in [0.15, 0.2) is 41.0 Å². The molecule has 140 valence electrons. The first kappa shape index (κ1) is 17.2. The lowest BCUT2D eigenvalue weighted by atomic mass is 10.2. The monoisotopic (exact) mass is 367 g/mol. The highest BCUT2D eigenvalue weighted by Gasteiger charge is 2.31. The van der Waals surface area contributed by atoms with E-state index < -0.39 is 0 Å². The molecule has 1 N–H and O–H groups in total. The van der Waals surface area contributed by atoms with Crippen molar-refractivity contribution in [2.24, 2.45) is 7.05 Å². The number of rotatable bonds is 5. The summed E-state index contributed by atoms with van der Waals surface area (Å²) in [5, 5.41) is 3.72.